The van der Waals surface area contributed by atoms with Crippen molar-refractivity contribution in [2.24, 2.45) is 0 Å². The van der Waals surface area contributed by atoms with Gasteiger partial charge in [-0.2, -0.15) is 5.26 Å². The Balaban J connectivity index is 1.35. The maximum absolute atomic E-state index is 13.0. The van der Waals surface area contributed by atoms with Gasteiger partial charge < -0.3 is 29.3 Å². The quantitative estimate of drug-likeness (QED) is 0.216. The lowest BCUT2D eigenvalue weighted by molar-refractivity contribution is 0.0526. The van der Waals surface area contributed by atoms with Crippen LogP contribution < -0.4 is 19.7 Å². The number of nitriles is 1. The van der Waals surface area contributed by atoms with Crippen LogP contribution in [0.1, 0.15) is 29.3 Å². The Morgan fingerprint density at radius 3 is 2.56 bits per heavy atom. The number of pyridine rings is 1. The third-order valence-corrected chi connectivity index (χ3v) is 7.03. The van der Waals surface area contributed by atoms with E-state index in [0.29, 0.717) is 90.7 Å². The molecule has 13 nitrogen and oxygen atoms in total. The van der Waals surface area contributed by atoms with Crippen molar-refractivity contribution in [2.75, 3.05) is 56.7 Å². The summed E-state index contributed by atoms with van der Waals surface area (Å²) < 4.78 is 18.8. The molecule has 2 aromatic heterocycles. The molecule has 1 aliphatic heterocycles. The Kier molecular flexibility index (Phi) is 9.16. The number of carbonyl (C=O) groups excluding carboxylic acids is 2. The van der Waals surface area contributed by atoms with E-state index in [9.17, 15) is 9.59 Å². The number of piperazine rings is 1. The Bertz CT molecular complexity index is 1610. The first-order valence-electron chi connectivity index (χ1n) is 14.0. The number of methoxy groups -OCH3 is 1. The molecule has 1 fully saturated rings. The van der Waals surface area contributed by atoms with E-state index in [-0.39, 0.29) is 12.6 Å². The van der Waals surface area contributed by atoms with E-state index in [1.165, 1.54) is 6.20 Å². The predicted octanol–water partition coefficient (Wildman–Crippen LogP) is 3.71. The second-order valence-corrected chi connectivity index (χ2v) is 9.72. The van der Waals surface area contributed by atoms with Crippen molar-refractivity contribution in [1.29, 1.82) is 5.26 Å². The molecule has 0 aliphatic carbocycles. The SMILES string of the molecule is CCOC(=O)c1cnc2cc(OCCCn3ccnn3)c(OC)cc2c1N1CCN(C(=O)Nc2ccc(C#N)cc2)CC1. The molecule has 0 bridgehead atoms. The molecule has 0 saturated carbocycles. The van der Waals surface area contributed by atoms with Crippen LogP contribution in [0.2, 0.25) is 0 Å². The van der Waals surface area contributed by atoms with Crippen molar-refractivity contribution < 1.29 is 23.8 Å². The van der Waals surface area contributed by atoms with Crippen LogP contribution in [0, 0.1) is 11.3 Å². The van der Waals surface area contributed by atoms with Gasteiger partial charge >= 0.3 is 12.0 Å². The zero-order valence-corrected chi connectivity index (χ0v) is 24.0. The maximum Gasteiger partial charge on any atom is 0.341 e. The first-order valence-corrected chi connectivity index (χ1v) is 14.0. The lowest BCUT2D eigenvalue weighted by Crippen LogP contribution is -2.50. The molecule has 1 N–H and O–H groups in total. The number of hydrogen-bond acceptors (Lipinski definition) is 10. The molecule has 5 rings (SSSR count). The van der Waals surface area contributed by atoms with Crippen LogP contribution in [-0.2, 0) is 11.3 Å². The van der Waals surface area contributed by atoms with Crippen molar-refractivity contribution in [3.63, 3.8) is 0 Å². The summed E-state index contributed by atoms with van der Waals surface area (Å²) in [6.07, 6.45) is 5.67. The average molecular weight is 585 g/mol. The molecule has 0 spiro atoms. The Hall–Kier alpha value is -5.38. The molecule has 0 radical (unpaired) electrons. The number of nitrogens with one attached hydrogen (secondary N) is 1. The highest BCUT2D eigenvalue weighted by Gasteiger charge is 2.27. The smallest absolute Gasteiger partial charge is 0.341 e. The van der Waals surface area contributed by atoms with Gasteiger partial charge in [-0.1, -0.05) is 5.21 Å². The molecule has 2 amide bonds. The van der Waals surface area contributed by atoms with Gasteiger partial charge in [0.15, 0.2) is 11.5 Å². The molecule has 3 heterocycles. The van der Waals surface area contributed by atoms with Crippen LogP contribution in [0.25, 0.3) is 10.9 Å². The molecule has 43 heavy (non-hydrogen) atoms. The van der Waals surface area contributed by atoms with Gasteiger partial charge in [0, 0.05) is 68.7 Å². The van der Waals surface area contributed by atoms with Gasteiger partial charge in [-0.15, -0.1) is 5.10 Å². The molecule has 1 saturated heterocycles. The van der Waals surface area contributed by atoms with Crippen LogP contribution in [-0.4, -0.2) is 83.4 Å². The summed E-state index contributed by atoms with van der Waals surface area (Å²) in [4.78, 5) is 34.3. The maximum atomic E-state index is 13.0. The number of anilines is 2. The number of amides is 2. The minimum absolute atomic E-state index is 0.226. The fourth-order valence-electron chi connectivity index (χ4n) is 4.88. The number of urea groups is 1. The fourth-order valence-corrected chi connectivity index (χ4v) is 4.88. The molecule has 222 valence electrons. The minimum Gasteiger partial charge on any atom is -0.493 e. The lowest BCUT2D eigenvalue weighted by Gasteiger charge is -2.37. The topological polar surface area (TPSA) is 148 Å². The Morgan fingerprint density at radius 2 is 1.88 bits per heavy atom. The van der Waals surface area contributed by atoms with Gasteiger partial charge in [0.05, 0.1) is 49.4 Å². The van der Waals surface area contributed by atoms with E-state index in [2.05, 4.69) is 31.6 Å². The molecule has 0 atom stereocenters. The number of benzene rings is 2. The van der Waals surface area contributed by atoms with Crippen molar-refractivity contribution in [1.82, 2.24) is 24.9 Å². The van der Waals surface area contributed by atoms with Crippen LogP contribution in [0.4, 0.5) is 16.2 Å². The number of nitrogens with zero attached hydrogens (tertiary/aromatic N) is 7. The van der Waals surface area contributed by atoms with Gasteiger partial charge in [-0.05, 0) is 37.3 Å². The summed E-state index contributed by atoms with van der Waals surface area (Å²) in [6.45, 7) is 4.90. The minimum atomic E-state index is -0.472. The van der Waals surface area contributed by atoms with Crippen molar-refractivity contribution in [3.8, 4) is 17.6 Å². The number of carbonyl (C=O) groups is 2. The molecule has 1 aliphatic rings. The summed E-state index contributed by atoms with van der Waals surface area (Å²) in [5.41, 5.74) is 2.78. The predicted molar refractivity (Wildman–Crippen MR) is 158 cm³/mol. The lowest BCUT2D eigenvalue weighted by atomic mass is 10.1. The first-order chi connectivity index (χ1) is 21.0. The van der Waals surface area contributed by atoms with Crippen molar-refractivity contribution >= 4 is 34.3 Å². The van der Waals surface area contributed by atoms with Gasteiger partial charge in [0.2, 0.25) is 0 Å². The summed E-state index contributed by atoms with van der Waals surface area (Å²) >= 11 is 0. The van der Waals surface area contributed by atoms with E-state index in [1.54, 1.807) is 60.3 Å². The van der Waals surface area contributed by atoms with E-state index >= 15 is 0 Å². The number of aromatic nitrogens is 4. The van der Waals surface area contributed by atoms with Gasteiger partial charge in [0.25, 0.3) is 0 Å². The molecule has 2 aromatic carbocycles. The number of fused-ring (bicyclic) bond motifs is 1. The Labute approximate surface area is 248 Å². The van der Waals surface area contributed by atoms with Crippen molar-refractivity contribution in [2.45, 2.75) is 19.9 Å². The molecule has 0 unspecified atom stereocenters. The second kappa shape index (κ2) is 13.5. The van der Waals surface area contributed by atoms with E-state index < -0.39 is 5.97 Å². The summed E-state index contributed by atoms with van der Waals surface area (Å²) in [7, 11) is 1.57. The van der Waals surface area contributed by atoms with Gasteiger partial charge in [-0.3, -0.25) is 9.67 Å². The number of aryl methyl sites for hydroxylation is 1. The fraction of sp³-hybridized carbons (Fsp3) is 0.333. The van der Waals surface area contributed by atoms with Crippen LogP contribution in [0.15, 0.2) is 55.0 Å². The standard InChI is InChI=1S/C30H32N8O5/c1-3-42-29(39)24-20-32-25-18-27(43-16-4-10-38-11-9-33-35-38)26(41-2)17-23(25)28(24)36-12-14-37(15-13-36)30(40)34-22-7-5-21(19-31)6-8-22/h5-9,11,17-18,20H,3-4,10,12-16H2,1-2H3,(H,34,40). The second-order valence-electron chi connectivity index (χ2n) is 9.72. The average Bonchev–Trinajstić information content (AvgIpc) is 3.56. The number of esters is 1. The number of hydrogen-bond donors (Lipinski definition) is 1. The third-order valence-electron chi connectivity index (χ3n) is 7.03. The van der Waals surface area contributed by atoms with Crippen LogP contribution in [0.3, 0.4) is 0 Å². The molecule has 4 aromatic rings. The first kappa shape index (κ1) is 29.1. The number of ether oxygens (including phenoxy) is 3. The van der Waals surface area contributed by atoms with Crippen molar-refractivity contribution in [3.05, 3.63) is 66.1 Å². The summed E-state index contributed by atoms with van der Waals surface area (Å²) in [5, 5.41) is 20.4. The zero-order chi connectivity index (χ0) is 30.2. The van der Waals surface area contributed by atoms with Gasteiger partial charge in [0.1, 0.15) is 5.56 Å². The van der Waals surface area contributed by atoms with Crippen LogP contribution >= 0.6 is 0 Å². The van der Waals surface area contributed by atoms with Gasteiger partial charge in [-0.25, -0.2) is 9.59 Å². The van der Waals surface area contributed by atoms with E-state index in [4.69, 9.17) is 19.5 Å². The normalized spacial score (nSPS) is 13.0. The highest BCUT2D eigenvalue weighted by molar-refractivity contribution is 6.06. The largest absolute Gasteiger partial charge is 0.493 e. The molecular weight excluding hydrogens is 552 g/mol. The highest BCUT2D eigenvalue weighted by Crippen LogP contribution is 2.38. The zero-order valence-electron chi connectivity index (χ0n) is 24.0. The summed E-state index contributed by atoms with van der Waals surface area (Å²) in [5.74, 6) is 0.582. The highest BCUT2D eigenvalue weighted by atomic mass is 16.5. The summed E-state index contributed by atoms with van der Waals surface area (Å²) in [6, 6.07) is 12.2. The third kappa shape index (κ3) is 6.75. The van der Waals surface area contributed by atoms with Crippen LogP contribution in [0.5, 0.6) is 11.5 Å². The molecular formula is C30H32N8O5. The van der Waals surface area contributed by atoms with E-state index in [1.807, 2.05) is 12.1 Å². The molecule has 13 heteroatoms. The monoisotopic (exact) mass is 584 g/mol. The number of rotatable bonds is 10. The van der Waals surface area contributed by atoms with E-state index in [0.717, 1.165) is 0 Å². The Morgan fingerprint density at radius 1 is 1.09 bits per heavy atom.